The molecule has 0 heterocycles. The number of urea groups is 1. The van der Waals surface area contributed by atoms with Crippen LogP contribution < -0.4 is 10.6 Å². The highest BCUT2D eigenvalue weighted by molar-refractivity contribution is 5.74. The Morgan fingerprint density at radius 2 is 1.86 bits per heavy atom. The fraction of sp³-hybridized carbons (Fsp3) is 0.857. The minimum atomic E-state index is -0.729. The maximum Gasteiger partial charge on any atom is 0.315 e. The van der Waals surface area contributed by atoms with Crippen LogP contribution in [0, 0.1) is 5.92 Å². The van der Waals surface area contributed by atoms with Crippen LogP contribution in [-0.2, 0) is 9.53 Å². The van der Waals surface area contributed by atoms with Crippen LogP contribution in [0.15, 0.2) is 0 Å². The van der Waals surface area contributed by atoms with Crippen molar-refractivity contribution in [2.75, 3.05) is 40.4 Å². The average molecular weight is 301 g/mol. The van der Waals surface area contributed by atoms with Crippen molar-refractivity contribution in [1.29, 1.82) is 0 Å². The molecule has 7 nitrogen and oxygen atoms in total. The number of hydrogen-bond donors (Lipinski definition) is 3. The zero-order valence-electron chi connectivity index (χ0n) is 12.9. The number of rotatable bonds is 8. The normalized spacial score (nSPS) is 22.0. The Balaban J connectivity index is 2.03. The Morgan fingerprint density at radius 3 is 2.43 bits per heavy atom. The van der Waals surface area contributed by atoms with Gasteiger partial charge in [-0.1, -0.05) is 0 Å². The van der Waals surface area contributed by atoms with E-state index in [4.69, 9.17) is 9.84 Å². The van der Waals surface area contributed by atoms with E-state index in [1.807, 2.05) is 19.0 Å². The molecule has 0 bridgehead atoms. The van der Waals surface area contributed by atoms with Crippen LogP contribution in [0.5, 0.6) is 0 Å². The van der Waals surface area contributed by atoms with E-state index in [0.717, 1.165) is 19.4 Å². The Morgan fingerprint density at radius 1 is 1.19 bits per heavy atom. The highest BCUT2D eigenvalue weighted by atomic mass is 16.5. The molecule has 0 aromatic carbocycles. The van der Waals surface area contributed by atoms with Crippen LogP contribution in [0.4, 0.5) is 4.79 Å². The van der Waals surface area contributed by atoms with Gasteiger partial charge in [0.25, 0.3) is 0 Å². The molecule has 0 aromatic heterocycles. The maximum absolute atomic E-state index is 11.7. The summed E-state index contributed by atoms with van der Waals surface area (Å²) in [5.41, 5.74) is 0. The second kappa shape index (κ2) is 9.57. The van der Waals surface area contributed by atoms with E-state index < -0.39 is 5.97 Å². The van der Waals surface area contributed by atoms with Crippen LogP contribution in [0.1, 0.15) is 25.7 Å². The number of hydrogen-bond acceptors (Lipinski definition) is 4. The van der Waals surface area contributed by atoms with Crippen LogP contribution in [0.25, 0.3) is 0 Å². The van der Waals surface area contributed by atoms with Gasteiger partial charge in [0.15, 0.2) is 0 Å². The lowest BCUT2D eigenvalue weighted by Gasteiger charge is -2.26. The number of nitrogens with zero attached hydrogens (tertiary/aromatic N) is 1. The molecule has 0 atom stereocenters. The molecule has 1 rings (SSSR count). The van der Waals surface area contributed by atoms with Crippen molar-refractivity contribution in [3.8, 4) is 0 Å². The number of amides is 2. The second-order valence-corrected chi connectivity index (χ2v) is 5.70. The first-order valence-electron chi connectivity index (χ1n) is 7.48. The molecule has 1 fully saturated rings. The van der Waals surface area contributed by atoms with E-state index >= 15 is 0 Å². The third-order valence-corrected chi connectivity index (χ3v) is 3.63. The minimum Gasteiger partial charge on any atom is -0.481 e. The molecular weight excluding hydrogens is 274 g/mol. The van der Waals surface area contributed by atoms with Gasteiger partial charge in [-0.3, -0.25) is 4.79 Å². The molecule has 21 heavy (non-hydrogen) atoms. The molecular formula is C14H27N3O4. The van der Waals surface area contributed by atoms with Crippen molar-refractivity contribution in [1.82, 2.24) is 15.5 Å². The van der Waals surface area contributed by atoms with E-state index in [9.17, 15) is 9.59 Å². The summed E-state index contributed by atoms with van der Waals surface area (Å²) in [5.74, 6) is -0.982. The van der Waals surface area contributed by atoms with E-state index in [1.165, 1.54) is 0 Å². The van der Waals surface area contributed by atoms with Gasteiger partial charge in [-0.25, -0.2) is 4.79 Å². The van der Waals surface area contributed by atoms with Gasteiger partial charge in [0.1, 0.15) is 0 Å². The molecule has 0 spiro atoms. The first-order valence-corrected chi connectivity index (χ1v) is 7.48. The predicted molar refractivity (Wildman–Crippen MR) is 79.3 cm³/mol. The molecule has 2 amide bonds. The van der Waals surface area contributed by atoms with Gasteiger partial charge >= 0.3 is 12.0 Å². The lowest BCUT2D eigenvalue weighted by Crippen LogP contribution is -2.45. The van der Waals surface area contributed by atoms with Crippen LogP contribution in [0.2, 0.25) is 0 Å². The second-order valence-electron chi connectivity index (χ2n) is 5.70. The number of carboxylic acid groups (broad SMARTS) is 1. The summed E-state index contributed by atoms with van der Waals surface area (Å²) in [6.45, 7) is 2.48. The summed E-state index contributed by atoms with van der Waals surface area (Å²) in [6.07, 6.45) is 2.72. The maximum atomic E-state index is 11.7. The molecule has 0 radical (unpaired) electrons. The third kappa shape index (κ3) is 7.87. The summed E-state index contributed by atoms with van der Waals surface area (Å²) in [7, 11) is 3.96. The lowest BCUT2D eigenvalue weighted by atomic mass is 9.86. The van der Waals surface area contributed by atoms with Crippen molar-refractivity contribution in [2.24, 2.45) is 5.92 Å². The Hall–Kier alpha value is -1.34. The van der Waals surface area contributed by atoms with Gasteiger partial charge < -0.3 is 25.4 Å². The summed E-state index contributed by atoms with van der Waals surface area (Å²) >= 11 is 0. The molecule has 7 heteroatoms. The van der Waals surface area contributed by atoms with Gasteiger partial charge in [0, 0.05) is 19.1 Å². The van der Waals surface area contributed by atoms with E-state index in [2.05, 4.69) is 10.6 Å². The van der Waals surface area contributed by atoms with Gasteiger partial charge in [-0.2, -0.15) is 0 Å². The van der Waals surface area contributed by atoms with Gasteiger partial charge in [0.2, 0.25) is 0 Å². The molecule has 0 unspecified atom stereocenters. The number of likely N-dealkylation sites (N-methyl/N-ethyl adjacent to an activating group) is 1. The monoisotopic (exact) mass is 301 g/mol. The predicted octanol–water partition coefficient (Wildman–Crippen LogP) is 0.507. The molecule has 122 valence electrons. The number of nitrogens with one attached hydrogen (secondary N) is 2. The Kier molecular flexibility index (Phi) is 8.07. The van der Waals surface area contributed by atoms with Gasteiger partial charge in [-0.15, -0.1) is 0 Å². The van der Waals surface area contributed by atoms with Crippen LogP contribution >= 0.6 is 0 Å². The number of carbonyl (C=O) groups is 2. The zero-order valence-corrected chi connectivity index (χ0v) is 12.9. The molecule has 0 aliphatic heterocycles. The largest absolute Gasteiger partial charge is 0.481 e. The molecule has 0 saturated heterocycles. The zero-order chi connectivity index (χ0) is 15.7. The summed E-state index contributed by atoms with van der Waals surface area (Å²) < 4.78 is 5.38. The van der Waals surface area contributed by atoms with Crippen molar-refractivity contribution in [3.05, 3.63) is 0 Å². The fourth-order valence-corrected chi connectivity index (χ4v) is 2.31. The fourth-order valence-electron chi connectivity index (χ4n) is 2.31. The molecule has 0 aromatic rings. The molecule has 1 aliphatic rings. The van der Waals surface area contributed by atoms with Crippen LogP contribution in [-0.4, -0.2) is 68.4 Å². The van der Waals surface area contributed by atoms with Crippen molar-refractivity contribution in [3.63, 3.8) is 0 Å². The number of ether oxygens (including phenoxy) is 1. The standard InChI is InChI=1S/C14H27N3O4/c1-17(2)8-10-21-9-7-15-14(20)16-12-5-3-11(4-6-12)13(18)19/h11-12H,3-10H2,1-2H3,(H,18,19)(H2,15,16,20). The quantitative estimate of drug-likeness (QED) is 0.568. The number of carbonyl (C=O) groups excluding carboxylic acids is 1. The minimum absolute atomic E-state index is 0.0789. The highest BCUT2D eigenvalue weighted by Gasteiger charge is 2.26. The van der Waals surface area contributed by atoms with E-state index in [-0.39, 0.29) is 18.0 Å². The van der Waals surface area contributed by atoms with E-state index in [0.29, 0.717) is 32.6 Å². The molecule has 3 N–H and O–H groups in total. The van der Waals surface area contributed by atoms with Crippen LogP contribution in [0.3, 0.4) is 0 Å². The Bertz CT molecular complexity index is 328. The third-order valence-electron chi connectivity index (χ3n) is 3.63. The highest BCUT2D eigenvalue weighted by Crippen LogP contribution is 2.24. The summed E-state index contributed by atoms with van der Waals surface area (Å²) in [6, 6.07) is -0.125. The number of aliphatic carboxylic acids is 1. The van der Waals surface area contributed by atoms with Crippen molar-refractivity contribution in [2.45, 2.75) is 31.7 Å². The summed E-state index contributed by atoms with van der Waals surface area (Å²) in [4.78, 5) is 24.5. The van der Waals surface area contributed by atoms with Crippen molar-refractivity contribution < 1.29 is 19.4 Å². The number of carboxylic acids is 1. The topological polar surface area (TPSA) is 90.9 Å². The molecule has 1 aliphatic carbocycles. The van der Waals surface area contributed by atoms with Gasteiger partial charge in [0.05, 0.1) is 19.1 Å². The molecule has 1 saturated carbocycles. The summed E-state index contributed by atoms with van der Waals surface area (Å²) in [5, 5.41) is 14.5. The SMILES string of the molecule is CN(C)CCOCCNC(=O)NC1CCC(C(=O)O)CC1. The first kappa shape index (κ1) is 17.7. The smallest absolute Gasteiger partial charge is 0.315 e. The van der Waals surface area contributed by atoms with Gasteiger partial charge in [-0.05, 0) is 39.8 Å². The first-order chi connectivity index (χ1) is 9.99. The average Bonchev–Trinajstić information content (AvgIpc) is 2.43. The van der Waals surface area contributed by atoms with E-state index in [1.54, 1.807) is 0 Å². The Labute approximate surface area is 126 Å². The lowest BCUT2D eigenvalue weighted by molar-refractivity contribution is -0.142. The van der Waals surface area contributed by atoms with Crippen molar-refractivity contribution >= 4 is 12.0 Å².